The van der Waals surface area contributed by atoms with E-state index in [1.807, 2.05) is 0 Å². The minimum absolute atomic E-state index is 0.207. The van der Waals surface area contributed by atoms with E-state index >= 15 is 0 Å². The molecule has 1 aromatic heterocycles. The van der Waals surface area contributed by atoms with Crippen LogP contribution in [-0.2, 0) is 17.1 Å². The smallest absolute Gasteiger partial charge is 0.296 e. The Labute approximate surface area is 123 Å². The molecular formula is C10H8ClFN4O4S. The monoisotopic (exact) mass is 334 g/mol. The first-order valence-corrected chi connectivity index (χ1v) is 7.22. The number of hydrogen-bond donors (Lipinski definition) is 1. The highest BCUT2D eigenvalue weighted by atomic mass is 35.5. The van der Waals surface area contributed by atoms with Crippen molar-refractivity contribution in [3.63, 3.8) is 0 Å². The first-order chi connectivity index (χ1) is 9.74. The Balaban J connectivity index is 2.52. The van der Waals surface area contributed by atoms with E-state index < -0.39 is 37.2 Å². The van der Waals surface area contributed by atoms with Gasteiger partial charge in [0.1, 0.15) is 5.15 Å². The van der Waals surface area contributed by atoms with Crippen LogP contribution >= 0.6 is 11.6 Å². The van der Waals surface area contributed by atoms with Crippen LogP contribution in [0.3, 0.4) is 0 Å². The van der Waals surface area contributed by atoms with Crippen molar-refractivity contribution < 1.29 is 17.7 Å². The average Bonchev–Trinajstić information content (AvgIpc) is 2.72. The summed E-state index contributed by atoms with van der Waals surface area (Å²) in [4.78, 5) is 13.5. The number of aromatic nitrogens is 2. The molecule has 2 rings (SSSR count). The highest BCUT2D eigenvalue weighted by Crippen LogP contribution is 2.30. The second-order valence-corrected chi connectivity index (χ2v) is 5.90. The number of aryl methyl sites for hydroxylation is 1. The quantitative estimate of drug-likeness (QED) is 0.679. The maximum absolute atomic E-state index is 13.7. The van der Waals surface area contributed by atoms with Gasteiger partial charge in [-0.15, -0.1) is 0 Å². The summed E-state index contributed by atoms with van der Waals surface area (Å²) in [5, 5.41) is 10.1. The number of imidazole rings is 1. The van der Waals surface area contributed by atoms with Crippen molar-refractivity contribution in [3.8, 4) is 0 Å². The first kappa shape index (κ1) is 15.2. The van der Waals surface area contributed by atoms with Crippen LogP contribution in [0.2, 0.25) is 5.15 Å². The van der Waals surface area contributed by atoms with Crippen LogP contribution in [0, 0.1) is 15.9 Å². The second-order valence-electron chi connectivity index (χ2n) is 3.95. The third-order valence-corrected chi connectivity index (χ3v) is 4.35. The molecule has 0 aliphatic heterocycles. The molecule has 0 saturated carbocycles. The number of para-hydroxylation sites is 1. The van der Waals surface area contributed by atoms with Gasteiger partial charge in [0.15, 0.2) is 11.5 Å². The summed E-state index contributed by atoms with van der Waals surface area (Å²) in [6.07, 6.45) is 1.15. The Bertz CT molecular complexity index is 820. The van der Waals surface area contributed by atoms with Crippen LogP contribution in [-0.4, -0.2) is 22.9 Å². The molecule has 0 amide bonds. The highest BCUT2D eigenvalue weighted by Gasteiger charge is 2.27. The minimum atomic E-state index is -4.36. The number of nitrogens with one attached hydrogen (secondary N) is 1. The van der Waals surface area contributed by atoms with Gasteiger partial charge in [-0.05, 0) is 6.07 Å². The van der Waals surface area contributed by atoms with E-state index in [0.717, 1.165) is 24.5 Å². The van der Waals surface area contributed by atoms with Crippen LogP contribution < -0.4 is 4.72 Å². The maximum atomic E-state index is 13.7. The van der Waals surface area contributed by atoms with Gasteiger partial charge in [0.2, 0.25) is 5.03 Å². The number of benzene rings is 1. The van der Waals surface area contributed by atoms with E-state index in [4.69, 9.17) is 11.6 Å². The lowest BCUT2D eigenvalue weighted by Crippen LogP contribution is -2.16. The van der Waals surface area contributed by atoms with E-state index in [2.05, 4.69) is 4.98 Å². The largest absolute Gasteiger partial charge is 0.324 e. The van der Waals surface area contributed by atoms with Gasteiger partial charge < -0.3 is 4.57 Å². The van der Waals surface area contributed by atoms with E-state index in [-0.39, 0.29) is 5.15 Å². The third kappa shape index (κ3) is 2.81. The van der Waals surface area contributed by atoms with E-state index in [9.17, 15) is 22.9 Å². The molecule has 0 fully saturated rings. The van der Waals surface area contributed by atoms with Crippen molar-refractivity contribution in [1.82, 2.24) is 9.55 Å². The number of nitro benzene ring substituents is 1. The molecule has 112 valence electrons. The lowest BCUT2D eigenvalue weighted by molar-refractivity contribution is -0.384. The number of nitrogens with zero attached hydrogens (tertiary/aromatic N) is 3. The van der Waals surface area contributed by atoms with Gasteiger partial charge >= 0.3 is 0 Å². The fourth-order valence-electron chi connectivity index (χ4n) is 1.52. The zero-order valence-electron chi connectivity index (χ0n) is 10.4. The molecule has 8 nitrogen and oxygen atoms in total. The zero-order valence-corrected chi connectivity index (χ0v) is 12.0. The molecule has 1 heterocycles. The molecule has 0 radical (unpaired) electrons. The fourth-order valence-corrected chi connectivity index (χ4v) is 3.04. The molecule has 0 atom stereocenters. The molecule has 21 heavy (non-hydrogen) atoms. The van der Waals surface area contributed by atoms with Crippen molar-refractivity contribution in [3.05, 3.63) is 45.6 Å². The van der Waals surface area contributed by atoms with Crippen molar-refractivity contribution >= 4 is 33.0 Å². The molecule has 0 aliphatic carbocycles. The summed E-state index contributed by atoms with van der Waals surface area (Å²) in [6.45, 7) is 0. The summed E-state index contributed by atoms with van der Waals surface area (Å²) in [5.41, 5.74) is -1.49. The fraction of sp³-hybridized carbons (Fsp3) is 0.100. The van der Waals surface area contributed by atoms with Crippen molar-refractivity contribution in [2.24, 2.45) is 7.05 Å². The summed E-state index contributed by atoms with van der Waals surface area (Å²) in [7, 11) is -2.90. The standard InChI is InChI=1S/C10H8ClFN4O4S/c1-15-5-13-10(9(15)11)21(19,20)14-8-6(12)3-2-4-7(8)16(17)18/h2-5,14H,1H3. The number of hydrogen-bond acceptors (Lipinski definition) is 5. The number of halogens is 2. The van der Waals surface area contributed by atoms with Gasteiger partial charge in [0, 0.05) is 13.1 Å². The van der Waals surface area contributed by atoms with Crippen molar-refractivity contribution in [1.29, 1.82) is 0 Å². The summed E-state index contributed by atoms with van der Waals surface area (Å²) in [6, 6.07) is 2.96. The molecule has 0 spiro atoms. The third-order valence-electron chi connectivity index (χ3n) is 2.51. The Morgan fingerprint density at radius 3 is 2.67 bits per heavy atom. The van der Waals surface area contributed by atoms with Crippen LogP contribution in [0.4, 0.5) is 15.8 Å². The molecular weight excluding hydrogens is 327 g/mol. The van der Waals surface area contributed by atoms with Crippen molar-refractivity contribution in [2.45, 2.75) is 5.03 Å². The Morgan fingerprint density at radius 2 is 2.14 bits per heavy atom. The summed E-state index contributed by atoms with van der Waals surface area (Å²) >= 11 is 5.76. The molecule has 2 aromatic rings. The van der Waals surface area contributed by atoms with Crippen LogP contribution in [0.1, 0.15) is 0 Å². The summed E-state index contributed by atoms with van der Waals surface area (Å²) < 4.78 is 40.9. The minimum Gasteiger partial charge on any atom is -0.324 e. The number of anilines is 1. The molecule has 1 N–H and O–H groups in total. The number of nitro groups is 1. The Morgan fingerprint density at radius 1 is 1.48 bits per heavy atom. The average molecular weight is 335 g/mol. The van der Waals surface area contributed by atoms with Gasteiger partial charge in [-0.1, -0.05) is 17.7 Å². The van der Waals surface area contributed by atoms with Gasteiger partial charge in [-0.25, -0.2) is 9.37 Å². The van der Waals surface area contributed by atoms with E-state index in [0.29, 0.717) is 0 Å². The maximum Gasteiger partial charge on any atom is 0.296 e. The zero-order chi connectivity index (χ0) is 15.8. The molecule has 0 saturated heterocycles. The van der Waals surface area contributed by atoms with Gasteiger partial charge in [-0.2, -0.15) is 8.42 Å². The Hall–Kier alpha value is -2.20. The second kappa shape index (κ2) is 5.30. The molecule has 1 aromatic carbocycles. The SMILES string of the molecule is Cn1cnc(S(=O)(=O)Nc2c(F)cccc2[N+](=O)[O-])c1Cl. The lowest BCUT2D eigenvalue weighted by Gasteiger charge is -2.08. The van der Waals surface area contributed by atoms with Crippen LogP contribution in [0.5, 0.6) is 0 Å². The van der Waals surface area contributed by atoms with E-state index in [1.54, 1.807) is 4.72 Å². The topological polar surface area (TPSA) is 107 Å². The highest BCUT2D eigenvalue weighted by molar-refractivity contribution is 7.92. The first-order valence-electron chi connectivity index (χ1n) is 5.36. The molecule has 0 bridgehead atoms. The molecule has 0 unspecified atom stereocenters. The lowest BCUT2D eigenvalue weighted by atomic mass is 10.2. The van der Waals surface area contributed by atoms with Crippen LogP contribution in [0.15, 0.2) is 29.6 Å². The predicted molar refractivity (Wildman–Crippen MR) is 72.1 cm³/mol. The van der Waals surface area contributed by atoms with Gasteiger partial charge in [0.05, 0.1) is 11.3 Å². The van der Waals surface area contributed by atoms with E-state index in [1.165, 1.54) is 11.6 Å². The molecule has 11 heteroatoms. The summed E-state index contributed by atoms with van der Waals surface area (Å²) in [5.74, 6) is -1.08. The van der Waals surface area contributed by atoms with Gasteiger partial charge in [0.25, 0.3) is 15.7 Å². The molecule has 0 aliphatic rings. The van der Waals surface area contributed by atoms with Crippen LogP contribution in [0.25, 0.3) is 0 Å². The van der Waals surface area contributed by atoms with Crippen molar-refractivity contribution in [2.75, 3.05) is 4.72 Å². The Kier molecular flexibility index (Phi) is 3.83. The van der Waals surface area contributed by atoms with Gasteiger partial charge in [-0.3, -0.25) is 14.8 Å². The predicted octanol–water partition coefficient (Wildman–Crippen LogP) is 1.92. The number of sulfonamides is 1. The number of rotatable bonds is 4. The normalized spacial score (nSPS) is 11.4.